The van der Waals surface area contributed by atoms with Crippen LogP contribution in [0, 0.1) is 0 Å². The van der Waals surface area contributed by atoms with Crippen molar-refractivity contribution >= 4 is 5.91 Å². The molecule has 2 atom stereocenters. The van der Waals surface area contributed by atoms with E-state index >= 15 is 0 Å². The van der Waals surface area contributed by atoms with Gasteiger partial charge in [0.25, 0.3) is 0 Å². The van der Waals surface area contributed by atoms with Gasteiger partial charge in [-0.1, -0.05) is 44.7 Å². The normalized spacial score (nSPS) is 13.7. The lowest BCUT2D eigenvalue weighted by Crippen LogP contribution is -2.40. The third-order valence-electron chi connectivity index (χ3n) is 5.14. The molecule has 3 N–H and O–H groups in total. The summed E-state index contributed by atoms with van der Waals surface area (Å²) < 4.78 is 47.8. The first-order chi connectivity index (χ1) is 15.5. The SMILES string of the molecule is C=CC(=O)NC(CO)COc1ccc(C(C)(C)c2ccc(OCC(O)C(F)(F)F)cc2)cc1. The lowest BCUT2D eigenvalue weighted by Gasteiger charge is -2.27. The quantitative estimate of drug-likeness (QED) is 0.441. The molecule has 0 saturated heterocycles. The third-order valence-corrected chi connectivity index (χ3v) is 5.14. The van der Waals surface area contributed by atoms with Crippen molar-refractivity contribution in [3.63, 3.8) is 0 Å². The van der Waals surface area contributed by atoms with E-state index in [1.54, 1.807) is 36.4 Å². The van der Waals surface area contributed by atoms with Gasteiger partial charge in [0.05, 0.1) is 12.6 Å². The number of aliphatic hydroxyl groups is 2. The molecule has 1 amide bonds. The van der Waals surface area contributed by atoms with Crippen LogP contribution in [-0.2, 0) is 10.2 Å². The van der Waals surface area contributed by atoms with Gasteiger partial charge in [-0.2, -0.15) is 13.2 Å². The first kappa shape index (κ1) is 26.2. The van der Waals surface area contributed by atoms with E-state index in [-0.39, 0.29) is 19.0 Å². The number of halogens is 3. The number of rotatable bonds is 11. The summed E-state index contributed by atoms with van der Waals surface area (Å²) in [5.41, 5.74) is 1.45. The van der Waals surface area contributed by atoms with E-state index in [0.29, 0.717) is 5.75 Å². The highest BCUT2D eigenvalue weighted by atomic mass is 19.4. The van der Waals surface area contributed by atoms with Crippen LogP contribution in [0.3, 0.4) is 0 Å². The number of aliphatic hydroxyl groups excluding tert-OH is 2. The maximum Gasteiger partial charge on any atom is 0.417 e. The molecular weight excluding hydrogens is 439 g/mol. The van der Waals surface area contributed by atoms with Gasteiger partial charge in [0.15, 0.2) is 6.10 Å². The smallest absolute Gasteiger partial charge is 0.417 e. The highest BCUT2D eigenvalue weighted by molar-refractivity contribution is 5.87. The number of benzene rings is 2. The lowest BCUT2D eigenvalue weighted by atomic mass is 9.78. The first-order valence-electron chi connectivity index (χ1n) is 10.2. The van der Waals surface area contributed by atoms with Gasteiger partial charge in [-0.05, 0) is 41.5 Å². The fourth-order valence-electron chi connectivity index (χ4n) is 2.97. The number of hydrogen-bond acceptors (Lipinski definition) is 5. The van der Waals surface area contributed by atoms with Crippen molar-refractivity contribution in [1.29, 1.82) is 0 Å². The predicted molar refractivity (Wildman–Crippen MR) is 117 cm³/mol. The number of hydrogen-bond donors (Lipinski definition) is 3. The predicted octanol–water partition coefficient (Wildman–Crippen LogP) is 3.36. The minimum atomic E-state index is -4.73. The van der Waals surface area contributed by atoms with Gasteiger partial charge in [0.1, 0.15) is 24.7 Å². The van der Waals surface area contributed by atoms with Crippen LogP contribution in [0.15, 0.2) is 61.2 Å². The van der Waals surface area contributed by atoms with Crippen molar-refractivity contribution in [2.75, 3.05) is 19.8 Å². The Morgan fingerprint density at radius 3 is 1.85 bits per heavy atom. The van der Waals surface area contributed by atoms with Gasteiger partial charge in [-0.15, -0.1) is 0 Å². The van der Waals surface area contributed by atoms with Gasteiger partial charge >= 0.3 is 6.18 Å². The van der Waals surface area contributed by atoms with E-state index in [2.05, 4.69) is 11.9 Å². The monoisotopic (exact) mass is 467 g/mol. The Morgan fingerprint density at radius 2 is 1.45 bits per heavy atom. The number of carbonyl (C=O) groups is 1. The molecule has 2 aromatic rings. The van der Waals surface area contributed by atoms with Crippen molar-refractivity contribution in [3.8, 4) is 11.5 Å². The second-order valence-corrected chi connectivity index (χ2v) is 7.95. The van der Waals surface area contributed by atoms with Crippen molar-refractivity contribution in [1.82, 2.24) is 5.32 Å². The van der Waals surface area contributed by atoms with Crippen LogP contribution in [0.1, 0.15) is 25.0 Å². The maximum absolute atomic E-state index is 12.4. The van der Waals surface area contributed by atoms with E-state index in [1.807, 2.05) is 26.0 Å². The average Bonchev–Trinajstić information content (AvgIpc) is 2.79. The topological polar surface area (TPSA) is 88.0 Å². The Hall–Kier alpha value is -3.04. The molecule has 0 bridgehead atoms. The molecule has 0 fully saturated rings. The molecule has 6 nitrogen and oxygen atoms in total. The molecule has 2 unspecified atom stereocenters. The third kappa shape index (κ3) is 7.50. The zero-order valence-electron chi connectivity index (χ0n) is 18.4. The zero-order chi connectivity index (χ0) is 24.6. The highest BCUT2D eigenvalue weighted by Gasteiger charge is 2.38. The summed E-state index contributed by atoms with van der Waals surface area (Å²) in [6.07, 6.45) is -6.15. The number of ether oxygens (including phenoxy) is 2. The van der Waals surface area contributed by atoms with Gasteiger partial charge in [-0.25, -0.2) is 0 Å². The second kappa shape index (κ2) is 11.2. The summed E-state index contributed by atoms with van der Waals surface area (Å²) >= 11 is 0. The second-order valence-electron chi connectivity index (χ2n) is 7.95. The fraction of sp³-hybridized carbons (Fsp3) is 0.375. The van der Waals surface area contributed by atoms with Crippen LogP contribution in [0.4, 0.5) is 13.2 Å². The number of carbonyl (C=O) groups excluding carboxylic acids is 1. The summed E-state index contributed by atoms with van der Waals surface area (Å²) in [5.74, 6) is 0.388. The van der Waals surface area contributed by atoms with Crippen LogP contribution in [-0.4, -0.2) is 54.3 Å². The molecule has 180 valence electrons. The Balaban J connectivity index is 2.00. The molecule has 0 aliphatic heterocycles. The Labute approximate surface area is 190 Å². The largest absolute Gasteiger partial charge is 0.491 e. The molecule has 2 rings (SSSR count). The van der Waals surface area contributed by atoms with Crippen LogP contribution >= 0.6 is 0 Å². The van der Waals surface area contributed by atoms with Gasteiger partial charge in [0, 0.05) is 5.41 Å². The van der Waals surface area contributed by atoms with Crippen molar-refractivity contribution < 1.29 is 37.7 Å². The Kier molecular flexibility index (Phi) is 8.90. The number of amides is 1. The van der Waals surface area contributed by atoms with E-state index < -0.39 is 36.3 Å². The molecule has 0 spiro atoms. The van der Waals surface area contributed by atoms with E-state index in [4.69, 9.17) is 14.6 Å². The van der Waals surface area contributed by atoms with Crippen molar-refractivity contribution in [2.24, 2.45) is 0 Å². The molecule has 2 aromatic carbocycles. The molecule has 0 heterocycles. The van der Waals surface area contributed by atoms with E-state index in [9.17, 15) is 23.1 Å². The minimum absolute atomic E-state index is 0.0866. The van der Waals surface area contributed by atoms with Gasteiger partial charge in [0.2, 0.25) is 5.91 Å². The molecular formula is C24H28F3NO5. The average molecular weight is 467 g/mol. The fourth-order valence-corrected chi connectivity index (χ4v) is 2.97. The molecule has 0 radical (unpaired) electrons. The van der Waals surface area contributed by atoms with Crippen molar-refractivity contribution in [3.05, 3.63) is 72.3 Å². The summed E-state index contributed by atoms with van der Waals surface area (Å²) in [4.78, 5) is 11.3. The van der Waals surface area contributed by atoms with Crippen LogP contribution < -0.4 is 14.8 Å². The van der Waals surface area contributed by atoms with Crippen molar-refractivity contribution in [2.45, 2.75) is 37.6 Å². The summed E-state index contributed by atoms with van der Waals surface area (Å²) in [7, 11) is 0. The molecule has 9 heteroatoms. The number of nitrogens with one attached hydrogen (secondary N) is 1. The molecule has 0 saturated carbocycles. The Bertz CT molecular complexity index is 911. The van der Waals surface area contributed by atoms with Gasteiger partial charge < -0.3 is 25.0 Å². The van der Waals surface area contributed by atoms with E-state index in [1.165, 1.54) is 0 Å². The van der Waals surface area contributed by atoms with E-state index in [0.717, 1.165) is 17.2 Å². The standard InChI is InChI=1S/C24H28F3NO5/c1-4-22(31)28-18(13-29)14-32-19-9-5-16(6-10-19)23(2,3)17-7-11-20(12-8-17)33-15-21(30)24(25,26)27/h4-12,18,21,29-30H,1,13-15H2,2-3H3,(H,28,31). The summed E-state index contributed by atoms with van der Waals surface area (Å²) in [6, 6.07) is 13.4. The highest BCUT2D eigenvalue weighted by Crippen LogP contribution is 2.33. The zero-order valence-corrected chi connectivity index (χ0v) is 18.4. The molecule has 33 heavy (non-hydrogen) atoms. The van der Waals surface area contributed by atoms with Crippen LogP contribution in [0.2, 0.25) is 0 Å². The Morgan fingerprint density at radius 1 is 1.00 bits per heavy atom. The van der Waals surface area contributed by atoms with Crippen LogP contribution in [0.25, 0.3) is 0 Å². The first-order valence-corrected chi connectivity index (χ1v) is 10.2. The maximum atomic E-state index is 12.4. The van der Waals surface area contributed by atoms with Crippen LogP contribution in [0.5, 0.6) is 11.5 Å². The molecule has 0 aliphatic rings. The lowest BCUT2D eigenvalue weighted by molar-refractivity contribution is -0.210. The minimum Gasteiger partial charge on any atom is -0.491 e. The summed E-state index contributed by atoms with van der Waals surface area (Å²) in [5, 5.41) is 20.9. The van der Waals surface area contributed by atoms with Gasteiger partial charge in [-0.3, -0.25) is 4.79 Å². The molecule has 0 aromatic heterocycles. The number of alkyl halides is 3. The molecule has 0 aliphatic carbocycles. The summed E-state index contributed by atoms with van der Waals surface area (Å²) in [6.45, 7) is 6.29.